The van der Waals surface area contributed by atoms with Crippen LogP contribution in [0.4, 0.5) is 5.69 Å². The molecule has 0 bridgehead atoms. The first-order valence-electron chi connectivity index (χ1n) is 5.50. The van der Waals surface area contributed by atoms with E-state index in [1.54, 1.807) is 13.3 Å². The van der Waals surface area contributed by atoms with Crippen LogP contribution >= 0.6 is 0 Å². The molecule has 0 radical (unpaired) electrons. The molecule has 0 saturated carbocycles. The van der Waals surface area contributed by atoms with Gasteiger partial charge in [-0.3, -0.25) is 4.79 Å². The lowest BCUT2D eigenvalue weighted by Crippen LogP contribution is -2.47. The molecule has 2 aromatic rings. The summed E-state index contributed by atoms with van der Waals surface area (Å²) in [7, 11) is 1.76. The molecular formula is C13H16N2O2. The summed E-state index contributed by atoms with van der Waals surface area (Å²) in [6, 6.07) is 7.43. The number of rotatable bonds is 3. The molecule has 1 amide bonds. The molecule has 17 heavy (non-hydrogen) atoms. The average Bonchev–Trinajstić information content (AvgIpc) is 2.76. The summed E-state index contributed by atoms with van der Waals surface area (Å²) in [4.78, 5) is 11.9. The fourth-order valence-electron chi connectivity index (χ4n) is 1.45. The standard InChI is InChI=1S/C13H16N2O2/c1-13(2,14-3)12(16)15-10-4-5-11-9(8-10)6-7-17-11/h4-8,14H,1-3H3,(H,15,16). The van der Waals surface area contributed by atoms with Gasteiger partial charge in [0, 0.05) is 11.1 Å². The molecular weight excluding hydrogens is 216 g/mol. The minimum atomic E-state index is -0.592. The van der Waals surface area contributed by atoms with Crippen LogP contribution < -0.4 is 10.6 Å². The number of amides is 1. The highest BCUT2D eigenvalue weighted by molar-refractivity contribution is 5.98. The molecule has 0 fully saturated rings. The van der Waals surface area contributed by atoms with Gasteiger partial charge >= 0.3 is 0 Å². The van der Waals surface area contributed by atoms with Gasteiger partial charge in [-0.2, -0.15) is 0 Å². The number of fused-ring (bicyclic) bond motifs is 1. The zero-order valence-corrected chi connectivity index (χ0v) is 10.2. The van der Waals surface area contributed by atoms with Crippen molar-refractivity contribution in [3.8, 4) is 0 Å². The molecule has 4 nitrogen and oxygen atoms in total. The number of nitrogens with one attached hydrogen (secondary N) is 2. The van der Waals surface area contributed by atoms with E-state index in [4.69, 9.17) is 4.42 Å². The van der Waals surface area contributed by atoms with E-state index in [9.17, 15) is 4.79 Å². The fourth-order valence-corrected chi connectivity index (χ4v) is 1.45. The summed E-state index contributed by atoms with van der Waals surface area (Å²) in [6.45, 7) is 3.66. The number of hydrogen-bond donors (Lipinski definition) is 2. The van der Waals surface area contributed by atoms with Crippen molar-refractivity contribution in [2.45, 2.75) is 19.4 Å². The van der Waals surface area contributed by atoms with Crippen molar-refractivity contribution in [3.63, 3.8) is 0 Å². The Morgan fingerprint density at radius 2 is 2.06 bits per heavy atom. The first-order valence-corrected chi connectivity index (χ1v) is 5.50. The van der Waals surface area contributed by atoms with Crippen molar-refractivity contribution in [1.29, 1.82) is 0 Å². The Morgan fingerprint density at radius 3 is 2.76 bits per heavy atom. The van der Waals surface area contributed by atoms with E-state index in [0.29, 0.717) is 0 Å². The normalized spacial score (nSPS) is 11.7. The third kappa shape index (κ3) is 2.31. The number of carbonyl (C=O) groups is 1. The first-order chi connectivity index (χ1) is 8.03. The van der Waals surface area contributed by atoms with E-state index >= 15 is 0 Å². The first kappa shape index (κ1) is 11.7. The number of hydrogen-bond acceptors (Lipinski definition) is 3. The summed E-state index contributed by atoms with van der Waals surface area (Å²) in [5.41, 5.74) is 0.994. The zero-order valence-electron chi connectivity index (χ0n) is 10.2. The minimum absolute atomic E-state index is 0.0668. The van der Waals surface area contributed by atoms with Crippen LogP contribution in [0.15, 0.2) is 34.9 Å². The predicted molar refractivity (Wildman–Crippen MR) is 68.0 cm³/mol. The number of anilines is 1. The SMILES string of the molecule is CNC(C)(C)C(=O)Nc1ccc2occc2c1. The van der Waals surface area contributed by atoms with Crippen molar-refractivity contribution in [2.24, 2.45) is 0 Å². The van der Waals surface area contributed by atoms with Gasteiger partial charge in [-0.1, -0.05) is 0 Å². The number of carbonyl (C=O) groups excluding carboxylic acids is 1. The Hall–Kier alpha value is -1.81. The van der Waals surface area contributed by atoms with Gasteiger partial charge in [-0.05, 0) is 45.2 Å². The quantitative estimate of drug-likeness (QED) is 0.854. The van der Waals surface area contributed by atoms with E-state index in [0.717, 1.165) is 16.7 Å². The van der Waals surface area contributed by atoms with Crippen molar-refractivity contribution in [1.82, 2.24) is 5.32 Å². The van der Waals surface area contributed by atoms with Crippen LogP contribution in [0, 0.1) is 0 Å². The van der Waals surface area contributed by atoms with Crippen LogP contribution in [0.3, 0.4) is 0 Å². The van der Waals surface area contributed by atoms with Crippen molar-refractivity contribution < 1.29 is 9.21 Å². The van der Waals surface area contributed by atoms with Gasteiger partial charge in [0.05, 0.1) is 11.8 Å². The van der Waals surface area contributed by atoms with E-state index in [1.165, 1.54) is 0 Å². The Labute approximate surface area is 100.0 Å². The molecule has 0 aliphatic rings. The Kier molecular flexibility index (Phi) is 2.90. The molecule has 0 spiro atoms. The second-order valence-electron chi connectivity index (χ2n) is 4.50. The lowest BCUT2D eigenvalue weighted by atomic mass is 10.1. The predicted octanol–water partition coefficient (Wildman–Crippen LogP) is 2.37. The zero-order chi connectivity index (χ0) is 12.5. The maximum absolute atomic E-state index is 11.9. The highest BCUT2D eigenvalue weighted by atomic mass is 16.3. The van der Waals surface area contributed by atoms with Crippen molar-refractivity contribution in [2.75, 3.05) is 12.4 Å². The van der Waals surface area contributed by atoms with Crippen LogP contribution in [-0.4, -0.2) is 18.5 Å². The highest BCUT2D eigenvalue weighted by Crippen LogP contribution is 2.20. The van der Waals surface area contributed by atoms with E-state index in [2.05, 4.69) is 10.6 Å². The summed E-state index contributed by atoms with van der Waals surface area (Å²) < 4.78 is 5.24. The third-order valence-electron chi connectivity index (χ3n) is 2.90. The summed E-state index contributed by atoms with van der Waals surface area (Å²) in [5, 5.41) is 6.81. The van der Waals surface area contributed by atoms with E-state index < -0.39 is 5.54 Å². The van der Waals surface area contributed by atoms with Gasteiger partial charge in [-0.25, -0.2) is 0 Å². The maximum Gasteiger partial charge on any atom is 0.244 e. The lowest BCUT2D eigenvalue weighted by Gasteiger charge is -2.22. The second-order valence-corrected chi connectivity index (χ2v) is 4.50. The summed E-state index contributed by atoms with van der Waals surface area (Å²) in [6.07, 6.45) is 1.63. The van der Waals surface area contributed by atoms with Crippen molar-refractivity contribution >= 4 is 22.6 Å². The Morgan fingerprint density at radius 1 is 1.29 bits per heavy atom. The Balaban J connectivity index is 2.21. The number of benzene rings is 1. The largest absolute Gasteiger partial charge is 0.464 e. The van der Waals surface area contributed by atoms with Crippen LogP contribution in [-0.2, 0) is 4.79 Å². The molecule has 1 heterocycles. The maximum atomic E-state index is 11.9. The molecule has 1 aromatic heterocycles. The lowest BCUT2D eigenvalue weighted by molar-refractivity contribution is -0.121. The molecule has 0 atom stereocenters. The highest BCUT2D eigenvalue weighted by Gasteiger charge is 2.25. The van der Waals surface area contributed by atoms with Crippen LogP contribution in [0.5, 0.6) is 0 Å². The van der Waals surface area contributed by atoms with Crippen molar-refractivity contribution in [3.05, 3.63) is 30.5 Å². The molecule has 90 valence electrons. The van der Waals surface area contributed by atoms with Gasteiger partial charge in [0.2, 0.25) is 5.91 Å². The van der Waals surface area contributed by atoms with Gasteiger partial charge in [0.15, 0.2) is 0 Å². The summed E-state index contributed by atoms with van der Waals surface area (Å²) >= 11 is 0. The van der Waals surface area contributed by atoms with Gasteiger partial charge in [0.1, 0.15) is 5.58 Å². The molecule has 4 heteroatoms. The Bertz CT molecular complexity index is 543. The molecule has 0 aliphatic heterocycles. The van der Waals surface area contributed by atoms with Gasteiger partial charge < -0.3 is 15.1 Å². The van der Waals surface area contributed by atoms with Gasteiger partial charge in [-0.15, -0.1) is 0 Å². The number of furan rings is 1. The second kappa shape index (κ2) is 4.22. The monoisotopic (exact) mass is 232 g/mol. The molecule has 0 unspecified atom stereocenters. The molecule has 2 rings (SSSR count). The van der Waals surface area contributed by atoms with Gasteiger partial charge in [0.25, 0.3) is 0 Å². The molecule has 0 aliphatic carbocycles. The molecule has 0 saturated heterocycles. The topological polar surface area (TPSA) is 54.3 Å². The molecule has 2 N–H and O–H groups in total. The van der Waals surface area contributed by atoms with Crippen LogP contribution in [0.25, 0.3) is 11.0 Å². The third-order valence-corrected chi connectivity index (χ3v) is 2.90. The van der Waals surface area contributed by atoms with Crippen LogP contribution in [0.1, 0.15) is 13.8 Å². The number of likely N-dealkylation sites (N-methyl/N-ethyl adjacent to an activating group) is 1. The minimum Gasteiger partial charge on any atom is -0.464 e. The van der Waals surface area contributed by atoms with E-state index in [1.807, 2.05) is 38.1 Å². The van der Waals surface area contributed by atoms with E-state index in [-0.39, 0.29) is 5.91 Å². The smallest absolute Gasteiger partial charge is 0.244 e. The average molecular weight is 232 g/mol. The fraction of sp³-hybridized carbons (Fsp3) is 0.308. The summed E-state index contributed by atoms with van der Waals surface area (Å²) in [5.74, 6) is -0.0668. The molecule has 1 aromatic carbocycles. The van der Waals surface area contributed by atoms with Crippen LogP contribution in [0.2, 0.25) is 0 Å².